The van der Waals surface area contributed by atoms with Crippen molar-refractivity contribution in [1.29, 1.82) is 0 Å². The van der Waals surface area contributed by atoms with Crippen molar-refractivity contribution in [2.24, 2.45) is 0 Å². The van der Waals surface area contributed by atoms with Crippen LogP contribution in [0.1, 0.15) is 12.0 Å². The summed E-state index contributed by atoms with van der Waals surface area (Å²) in [4.78, 5) is 2.31. The first kappa shape index (κ1) is 13.6. The van der Waals surface area contributed by atoms with Crippen LogP contribution in [0.4, 0.5) is 17.1 Å². The zero-order chi connectivity index (χ0) is 14.8. The van der Waals surface area contributed by atoms with E-state index in [-0.39, 0.29) is 0 Å². The molecule has 0 atom stereocenters. The van der Waals surface area contributed by atoms with Gasteiger partial charge >= 0.3 is 0 Å². The lowest BCUT2D eigenvalue weighted by Crippen LogP contribution is -2.24. The second-order valence-corrected chi connectivity index (χ2v) is 5.18. The van der Waals surface area contributed by atoms with Crippen LogP contribution in [0.3, 0.4) is 0 Å². The van der Waals surface area contributed by atoms with Crippen LogP contribution in [0.5, 0.6) is 11.5 Å². The highest BCUT2D eigenvalue weighted by Gasteiger charge is 2.21. The van der Waals surface area contributed by atoms with Gasteiger partial charge in [-0.05, 0) is 48.7 Å². The number of fused-ring (bicyclic) bond motifs is 1. The van der Waals surface area contributed by atoms with E-state index in [4.69, 9.17) is 15.2 Å². The normalized spacial score (nSPS) is 13.7. The molecule has 3 rings (SSSR count). The molecule has 2 aromatic carbocycles. The van der Waals surface area contributed by atoms with Gasteiger partial charge in [-0.3, -0.25) is 0 Å². The number of methoxy groups -OCH3 is 2. The van der Waals surface area contributed by atoms with Crippen LogP contribution in [-0.2, 0) is 6.42 Å². The summed E-state index contributed by atoms with van der Waals surface area (Å²) in [6, 6.07) is 12.1. The summed E-state index contributed by atoms with van der Waals surface area (Å²) in [6.45, 7) is 0.992. The maximum atomic E-state index is 5.78. The largest absolute Gasteiger partial charge is 0.493 e. The topological polar surface area (TPSA) is 47.7 Å². The zero-order valence-electron chi connectivity index (χ0n) is 12.4. The number of hydrogen-bond acceptors (Lipinski definition) is 4. The number of hydrogen-bond donors (Lipinski definition) is 1. The molecule has 2 N–H and O–H groups in total. The van der Waals surface area contributed by atoms with Crippen molar-refractivity contribution in [2.45, 2.75) is 12.8 Å². The predicted molar refractivity (Wildman–Crippen MR) is 85.7 cm³/mol. The van der Waals surface area contributed by atoms with Crippen molar-refractivity contribution in [1.82, 2.24) is 0 Å². The second kappa shape index (κ2) is 5.56. The minimum atomic E-state index is 0.763. The quantitative estimate of drug-likeness (QED) is 0.878. The molecule has 0 radical (unpaired) electrons. The molecule has 4 nitrogen and oxygen atoms in total. The number of rotatable bonds is 3. The molecular formula is C17H20N2O2. The lowest BCUT2D eigenvalue weighted by Gasteiger charge is -2.32. The van der Waals surface area contributed by atoms with Crippen molar-refractivity contribution >= 4 is 17.1 Å². The average molecular weight is 284 g/mol. The van der Waals surface area contributed by atoms with Gasteiger partial charge in [0, 0.05) is 29.7 Å². The number of nitrogens with two attached hydrogens (primary N) is 1. The fraction of sp³-hybridized carbons (Fsp3) is 0.294. The number of aryl methyl sites for hydroxylation is 1. The van der Waals surface area contributed by atoms with E-state index in [0.717, 1.165) is 42.3 Å². The van der Waals surface area contributed by atoms with Gasteiger partial charge in [0.15, 0.2) is 11.5 Å². The molecule has 0 saturated heterocycles. The molecule has 1 aliphatic heterocycles. The molecule has 0 aliphatic carbocycles. The van der Waals surface area contributed by atoms with Crippen LogP contribution in [0.15, 0.2) is 36.4 Å². The molecule has 4 heteroatoms. The summed E-state index contributed by atoms with van der Waals surface area (Å²) in [5.41, 5.74) is 10.2. The Bertz CT molecular complexity index is 638. The molecule has 1 heterocycles. The molecule has 0 fully saturated rings. The van der Waals surface area contributed by atoms with Crippen molar-refractivity contribution in [2.75, 3.05) is 31.4 Å². The SMILES string of the molecule is COc1cc2c(cc1OC)N(c1ccc(N)cc1)CCC2. The van der Waals surface area contributed by atoms with Crippen LogP contribution >= 0.6 is 0 Å². The van der Waals surface area contributed by atoms with Gasteiger partial charge < -0.3 is 20.1 Å². The highest BCUT2D eigenvalue weighted by Crippen LogP contribution is 2.40. The summed E-state index contributed by atoms with van der Waals surface area (Å²) >= 11 is 0. The van der Waals surface area contributed by atoms with Gasteiger partial charge in [-0.25, -0.2) is 0 Å². The van der Waals surface area contributed by atoms with Gasteiger partial charge in [0.2, 0.25) is 0 Å². The van der Waals surface area contributed by atoms with Crippen molar-refractivity contribution in [3.8, 4) is 11.5 Å². The fourth-order valence-electron chi connectivity index (χ4n) is 2.83. The summed E-state index contributed by atoms with van der Waals surface area (Å²) in [5.74, 6) is 1.55. The van der Waals surface area contributed by atoms with Crippen molar-refractivity contribution in [3.05, 3.63) is 42.0 Å². The summed E-state index contributed by atoms with van der Waals surface area (Å²) in [7, 11) is 3.34. The summed E-state index contributed by atoms with van der Waals surface area (Å²) in [5, 5.41) is 0. The molecule has 2 aromatic rings. The number of ether oxygens (including phenoxy) is 2. The summed E-state index contributed by atoms with van der Waals surface area (Å²) < 4.78 is 10.8. The van der Waals surface area contributed by atoms with Gasteiger partial charge in [0.25, 0.3) is 0 Å². The minimum Gasteiger partial charge on any atom is -0.493 e. The average Bonchev–Trinajstić information content (AvgIpc) is 2.53. The zero-order valence-corrected chi connectivity index (χ0v) is 12.4. The standard InChI is InChI=1S/C17H20N2O2/c1-20-16-10-12-4-3-9-19(15(12)11-17(16)21-2)14-7-5-13(18)6-8-14/h5-8,10-11H,3-4,9,18H2,1-2H3. The molecule has 110 valence electrons. The third kappa shape index (κ3) is 2.49. The predicted octanol–water partition coefficient (Wildman–Crippen LogP) is 3.37. The molecule has 0 unspecified atom stereocenters. The Balaban J connectivity index is 2.06. The molecular weight excluding hydrogens is 264 g/mol. The molecule has 0 saturated carbocycles. The van der Waals surface area contributed by atoms with Gasteiger partial charge in [-0.2, -0.15) is 0 Å². The number of anilines is 3. The Morgan fingerprint density at radius 3 is 2.33 bits per heavy atom. The first-order valence-corrected chi connectivity index (χ1v) is 7.11. The van der Waals surface area contributed by atoms with Gasteiger partial charge in [-0.1, -0.05) is 0 Å². The first-order valence-electron chi connectivity index (χ1n) is 7.11. The van der Waals surface area contributed by atoms with Gasteiger partial charge in [-0.15, -0.1) is 0 Å². The molecule has 0 amide bonds. The Labute approximate surface area is 125 Å². The molecule has 1 aliphatic rings. The Kier molecular flexibility index (Phi) is 3.60. The minimum absolute atomic E-state index is 0.763. The van der Waals surface area contributed by atoms with E-state index in [1.54, 1.807) is 14.2 Å². The monoisotopic (exact) mass is 284 g/mol. The highest BCUT2D eigenvalue weighted by atomic mass is 16.5. The van der Waals surface area contributed by atoms with Crippen LogP contribution in [0.2, 0.25) is 0 Å². The number of nitrogen functional groups attached to an aromatic ring is 1. The van der Waals surface area contributed by atoms with E-state index in [1.807, 2.05) is 12.1 Å². The smallest absolute Gasteiger partial charge is 0.162 e. The fourth-order valence-corrected chi connectivity index (χ4v) is 2.83. The highest BCUT2D eigenvalue weighted by molar-refractivity contribution is 5.72. The van der Waals surface area contributed by atoms with Crippen LogP contribution in [-0.4, -0.2) is 20.8 Å². The third-order valence-electron chi connectivity index (χ3n) is 3.91. The Morgan fingerprint density at radius 2 is 1.67 bits per heavy atom. The van der Waals surface area contributed by atoms with Gasteiger partial charge in [0.05, 0.1) is 14.2 Å². The van der Waals surface area contributed by atoms with E-state index >= 15 is 0 Å². The van der Waals surface area contributed by atoms with Crippen LogP contribution < -0.4 is 20.1 Å². The molecule has 0 spiro atoms. The van der Waals surface area contributed by atoms with E-state index in [2.05, 4.69) is 29.2 Å². The van der Waals surface area contributed by atoms with Crippen molar-refractivity contribution in [3.63, 3.8) is 0 Å². The second-order valence-electron chi connectivity index (χ2n) is 5.18. The van der Waals surface area contributed by atoms with Crippen LogP contribution in [0.25, 0.3) is 0 Å². The first-order chi connectivity index (χ1) is 10.2. The molecule has 0 bridgehead atoms. The number of benzene rings is 2. The molecule has 0 aromatic heterocycles. The van der Waals surface area contributed by atoms with Crippen molar-refractivity contribution < 1.29 is 9.47 Å². The lowest BCUT2D eigenvalue weighted by molar-refractivity contribution is 0.354. The van der Waals surface area contributed by atoms with E-state index in [1.165, 1.54) is 11.3 Å². The molecule has 21 heavy (non-hydrogen) atoms. The van der Waals surface area contributed by atoms with E-state index in [0.29, 0.717) is 0 Å². The maximum Gasteiger partial charge on any atom is 0.162 e. The lowest BCUT2D eigenvalue weighted by atomic mass is 10.00. The maximum absolute atomic E-state index is 5.78. The number of nitrogens with zero attached hydrogens (tertiary/aromatic N) is 1. The Hall–Kier alpha value is -2.36. The summed E-state index contributed by atoms with van der Waals surface area (Å²) in [6.07, 6.45) is 2.17. The van der Waals surface area contributed by atoms with E-state index in [9.17, 15) is 0 Å². The Morgan fingerprint density at radius 1 is 1.00 bits per heavy atom. The van der Waals surface area contributed by atoms with Crippen LogP contribution in [0, 0.1) is 0 Å². The van der Waals surface area contributed by atoms with Gasteiger partial charge in [0.1, 0.15) is 0 Å². The van der Waals surface area contributed by atoms with E-state index < -0.39 is 0 Å². The third-order valence-corrected chi connectivity index (χ3v) is 3.91.